The fourth-order valence-electron chi connectivity index (χ4n) is 4.91. The first-order chi connectivity index (χ1) is 14.8. The Balaban J connectivity index is 1.47. The average Bonchev–Trinajstić information content (AvgIpc) is 2.81. The van der Waals surface area contributed by atoms with Crippen molar-refractivity contribution in [2.45, 2.75) is 25.4 Å². The van der Waals surface area contributed by atoms with Crippen LogP contribution in [0.15, 0.2) is 84.6 Å². The molecule has 3 fully saturated rings. The fourth-order valence-corrected chi connectivity index (χ4v) is 5.11. The number of halogens is 1. The molecule has 6 rings (SSSR count). The van der Waals surface area contributed by atoms with Crippen LogP contribution < -0.4 is 5.32 Å². The third kappa shape index (κ3) is 3.90. The van der Waals surface area contributed by atoms with Crippen molar-refractivity contribution in [1.29, 1.82) is 0 Å². The van der Waals surface area contributed by atoms with Gasteiger partial charge in [-0.1, -0.05) is 84.4 Å². The highest BCUT2D eigenvalue weighted by Crippen LogP contribution is 2.37. The lowest BCUT2D eigenvalue weighted by atomic mass is 9.80. The van der Waals surface area contributed by atoms with Crippen LogP contribution in [0.4, 0.5) is 0 Å². The summed E-state index contributed by atoms with van der Waals surface area (Å²) >= 11 is 6.41. The predicted molar refractivity (Wildman–Crippen MR) is 126 cm³/mol. The van der Waals surface area contributed by atoms with Gasteiger partial charge in [-0.2, -0.15) is 0 Å². The quantitative estimate of drug-likeness (QED) is 0.532. The predicted octanol–water partition coefficient (Wildman–Crippen LogP) is 6.23. The van der Waals surface area contributed by atoms with Gasteiger partial charge in [0.1, 0.15) is 0 Å². The van der Waals surface area contributed by atoms with E-state index in [1.54, 1.807) is 0 Å². The average molecular weight is 415 g/mol. The van der Waals surface area contributed by atoms with Crippen LogP contribution in [0, 0.1) is 5.92 Å². The van der Waals surface area contributed by atoms with E-state index in [0.29, 0.717) is 12.0 Å². The third-order valence-electron chi connectivity index (χ3n) is 6.51. The van der Waals surface area contributed by atoms with Crippen LogP contribution >= 0.6 is 11.6 Å². The SMILES string of the molecule is Clc1ccccc1CNC1/C(=C/c2ccccc2-c2ccccc2)N2CCC1CC2. The molecule has 0 radical (unpaired) electrons. The van der Waals surface area contributed by atoms with E-state index in [-0.39, 0.29) is 0 Å². The number of hydrogen-bond acceptors (Lipinski definition) is 2. The highest BCUT2D eigenvalue weighted by atomic mass is 35.5. The lowest BCUT2D eigenvalue weighted by Crippen LogP contribution is -2.54. The van der Waals surface area contributed by atoms with E-state index in [0.717, 1.165) is 24.7 Å². The Labute approximate surface area is 184 Å². The van der Waals surface area contributed by atoms with Crippen molar-refractivity contribution in [1.82, 2.24) is 10.2 Å². The number of nitrogens with one attached hydrogen (secondary N) is 1. The van der Waals surface area contributed by atoms with E-state index in [1.165, 1.54) is 40.8 Å². The molecule has 1 atom stereocenters. The fraction of sp³-hybridized carbons (Fsp3) is 0.259. The van der Waals surface area contributed by atoms with Crippen molar-refractivity contribution >= 4 is 17.7 Å². The van der Waals surface area contributed by atoms with E-state index in [9.17, 15) is 0 Å². The zero-order valence-corrected chi connectivity index (χ0v) is 17.9. The van der Waals surface area contributed by atoms with Crippen LogP contribution in [-0.2, 0) is 6.54 Å². The molecule has 152 valence electrons. The van der Waals surface area contributed by atoms with Crippen molar-refractivity contribution in [3.8, 4) is 11.1 Å². The van der Waals surface area contributed by atoms with Gasteiger partial charge < -0.3 is 10.2 Å². The molecule has 0 amide bonds. The summed E-state index contributed by atoms with van der Waals surface area (Å²) in [4.78, 5) is 2.58. The molecule has 2 bridgehead atoms. The summed E-state index contributed by atoms with van der Waals surface area (Å²) in [7, 11) is 0. The molecule has 3 aliphatic heterocycles. The summed E-state index contributed by atoms with van der Waals surface area (Å²) in [6.07, 6.45) is 4.94. The van der Waals surface area contributed by atoms with Gasteiger partial charge in [0.05, 0.1) is 6.04 Å². The molecular weight excluding hydrogens is 388 g/mol. The van der Waals surface area contributed by atoms with Gasteiger partial charge in [0.2, 0.25) is 0 Å². The molecular formula is C27H27ClN2. The number of fused-ring (bicyclic) bond motifs is 3. The van der Waals surface area contributed by atoms with Crippen LogP contribution in [0.3, 0.4) is 0 Å². The summed E-state index contributed by atoms with van der Waals surface area (Å²) < 4.78 is 0. The van der Waals surface area contributed by atoms with Crippen LogP contribution in [0.1, 0.15) is 24.0 Å². The van der Waals surface area contributed by atoms with Gasteiger partial charge in [0.15, 0.2) is 0 Å². The van der Waals surface area contributed by atoms with Gasteiger partial charge in [0.25, 0.3) is 0 Å². The Morgan fingerprint density at radius 1 is 0.867 bits per heavy atom. The first-order valence-electron chi connectivity index (χ1n) is 10.9. The summed E-state index contributed by atoms with van der Waals surface area (Å²) in [6, 6.07) is 27.9. The van der Waals surface area contributed by atoms with Gasteiger partial charge in [-0.3, -0.25) is 0 Å². The molecule has 0 aromatic heterocycles. The van der Waals surface area contributed by atoms with Gasteiger partial charge in [-0.15, -0.1) is 0 Å². The number of benzene rings is 3. The van der Waals surface area contributed by atoms with Crippen molar-refractivity contribution in [2.75, 3.05) is 13.1 Å². The van der Waals surface area contributed by atoms with Crippen LogP contribution in [0.25, 0.3) is 17.2 Å². The van der Waals surface area contributed by atoms with Gasteiger partial charge in [0, 0.05) is 30.4 Å². The zero-order valence-electron chi connectivity index (χ0n) is 17.1. The van der Waals surface area contributed by atoms with E-state index < -0.39 is 0 Å². The monoisotopic (exact) mass is 414 g/mol. The molecule has 0 saturated carbocycles. The number of hydrogen-bond donors (Lipinski definition) is 1. The second-order valence-corrected chi connectivity index (χ2v) is 8.70. The lowest BCUT2D eigenvalue weighted by molar-refractivity contribution is 0.123. The normalized spacial score (nSPS) is 21.9. The molecule has 0 aliphatic carbocycles. The maximum Gasteiger partial charge on any atom is 0.0504 e. The van der Waals surface area contributed by atoms with E-state index >= 15 is 0 Å². The largest absolute Gasteiger partial charge is 0.373 e. The number of rotatable bonds is 5. The second kappa shape index (κ2) is 8.67. The summed E-state index contributed by atoms with van der Waals surface area (Å²) in [5, 5.41) is 4.68. The minimum Gasteiger partial charge on any atom is -0.373 e. The van der Waals surface area contributed by atoms with Crippen molar-refractivity contribution in [2.24, 2.45) is 5.92 Å². The van der Waals surface area contributed by atoms with Crippen LogP contribution in [0.5, 0.6) is 0 Å². The summed E-state index contributed by atoms with van der Waals surface area (Å²) in [5.74, 6) is 0.688. The lowest BCUT2D eigenvalue weighted by Gasteiger charge is -2.48. The minimum atomic E-state index is 0.368. The van der Waals surface area contributed by atoms with Crippen LogP contribution in [0.2, 0.25) is 5.02 Å². The molecule has 1 N–H and O–H groups in total. The Morgan fingerprint density at radius 3 is 2.37 bits per heavy atom. The third-order valence-corrected chi connectivity index (χ3v) is 6.88. The van der Waals surface area contributed by atoms with Crippen molar-refractivity contribution < 1.29 is 0 Å². The molecule has 3 aromatic carbocycles. The standard InChI is InChI=1S/C27H27ClN2/c28-25-13-7-5-11-23(25)19-29-27-21-14-16-30(17-15-21)26(27)18-22-10-4-6-12-24(22)20-8-2-1-3-9-20/h1-13,18,21,27,29H,14-17,19H2/b26-18-. The first-order valence-corrected chi connectivity index (χ1v) is 11.3. The molecule has 3 aromatic rings. The minimum absolute atomic E-state index is 0.368. The van der Waals surface area contributed by atoms with Crippen molar-refractivity contribution in [3.63, 3.8) is 0 Å². The van der Waals surface area contributed by atoms with Gasteiger partial charge in [-0.25, -0.2) is 0 Å². The molecule has 1 unspecified atom stereocenters. The molecule has 0 spiro atoms. The molecule has 3 heterocycles. The number of piperidine rings is 3. The summed E-state index contributed by atoms with van der Waals surface area (Å²) in [6.45, 7) is 3.12. The highest BCUT2D eigenvalue weighted by Gasteiger charge is 2.37. The van der Waals surface area contributed by atoms with Gasteiger partial charge in [-0.05, 0) is 53.2 Å². The Kier molecular flexibility index (Phi) is 5.61. The maximum absolute atomic E-state index is 6.41. The number of nitrogens with zero attached hydrogens (tertiary/aromatic N) is 1. The smallest absolute Gasteiger partial charge is 0.0504 e. The molecule has 2 nitrogen and oxygen atoms in total. The van der Waals surface area contributed by atoms with Crippen LogP contribution in [-0.4, -0.2) is 24.0 Å². The highest BCUT2D eigenvalue weighted by molar-refractivity contribution is 6.31. The zero-order chi connectivity index (χ0) is 20.3. The van der Waals surface area contributed by atoms with E-state index in [4.69, 9.17) is 11.6 Å². The Hall–Kier alpha value is -2.55. The van der Waals surface area contributed by atoms with E-state index in [1.807, 2.05) is 12.1 Å². The second-order valence-electron chi connectivity index (χ2n) is 8.30. The maximum atomic E-state index is 6.41. The van der Waals surface area contributed by atoms with Gasteiger partial charge >= 0.3 is 0 Å². The first kappa shape index (κ1) is 19.4. The Morgan fingerprint density at radius 2 is 1.57 bits per heavy atom. The van der Waals surface area contributed by atoms with Crippen molar-refractivity contribution in [3.05, 3.63) is 101 Å². The molecule has 3 saturated heterocycles. The molecule has 3 aliphatic rings. The van der Waals surface area contributed by atoms with E-state index in [2.05, 4.69) is 83.0 Å². The Bertz CT molecular complexity index is 1040. The topological polar surface area (TPSA) is 15.3 Å². The molecule has 3 heteroatoms. The summed E-state index contributed by atoms with van der Waals surface area (Å²) in [5.41, 5.74) is 6.43. The molecule has 30 heavy (non-hydrogen) atoms.